The molecule has 0 aromatic heterocycles. The molecule has 0 amide bonds. The SMILES string of the molecule is CC1CCC(NCCCOCC2CCCO2)CC1. The number of hydrogen-bond donors (Lipinski definition) is 1. The third-order valence-electron chi connectivity index (χ3n) is 4.24. The standard InChI is InChI=1S/C15H29NO2/c1-13-5-7-14(8-6-13)16-9-3-10-17-12-15-4-2-11-18-15/h13-16H,2-12H2,1H3. The molecule has 0 bridgehead atoms. The molecule has 3 nitrogen and oxygen atoms in total. The van der Waals surface area contributed by atoms with Gasteiger partial charge in [0, 0.05) is 19.3 Å². The lowest BCUT2D eigenvalue weighted by molar-refractivity contribution is 0.0164. The second-order valence-electron chi connectivity index (χ2n) is 5.97. The van der Waals surface area contributed by atoms with Crippen LogP contribution in [0.25, 0.3) is 0 Å². The van der Waals surface area contributed by atoms with Crippen LogP contribution < -0.4 is 5.32 Å². The minimum atomic E-state index is 0.373. The van der Waals surface area contributed by atoms with Crippen molar-refractivity contribution in [2.45, 2.75) is 64.0 Å². The fourth-order valence-corrected chi connectivity index (χ4v) is 2.94. The van der Waals surface area contributed by atoms with Crippen LogP contribution in [0.2, 0.25) is 0 Å². The molecule has 1 aliphatic heterocycles. The van der Waals surface area contributed by atoms with Gasteiger partial charge in [0.1, 0.15) is 0 Å². The molecule has 1 saturated heterocycles. The molecule has 1 saturated carbocycles. The average Bonchev–Trinajstić information content (AvgIpc) is 2.89. The molecule has 0 radical (unpaired) electrons. The van der Waals surface area contributed by atoms with Gasteiger partial charge in [0.05, 0.1) is 12.7 Å². The van der Waals surface area contributed by atoms with Gasteiger partial charge in [0.25, 0.3) is 0 Å². The molecule has 0 aromatic rings. The van der Waals surface area contributed by atoms with Gasteiger partial charge in [-0.3, -0.25) is 0 Å². The summed E-state index contributed by atoms with van der Waals surface area (Å²) in [7, 11) is 0. The lowest BCUT2D eigenvalue weighted by atomic mass is 9.87. The summed E-state index contributed by atoms with van der Waals surface area (Å²) in [6.07, 6.45) is 9.39. The number of ether oxygens (including phenoxy) is 2. The average molecular weight is 255 g/mol. The molecule has 1 unspecified atom stereocenters. The van der Waals surface area contributed by atoms with Crippen molar-refractivity contribution in [3.8, 4) is 0 Å². The Hall–Kier alpha value is -0.120. The minimum absolute atomic E-state index is 0.373. The van der Waals surface area contributed by atoms with Crippen LogP contribution in [0.1, 0.15) is 51.9 Å². The molecule has 1 aliphatic carbocycles. The van der Waals surface area contributed by atoms with Crippen molar-refractivity contribution in [2.24, 2.45) is 5.92 Å². The highest BCUT2D eigenvalue weighted by atomic mass is 16.5. The van der Waals surface area contributed by atoms with E-state index in [1.165, 1.54) is 38.5 Å². The second kappa shape index (κ2) is 8.13. The normalized spacial score (nSPS) is 32.8. The van der Waals surface area contributed by atoms with Crippen molar-refractivity contribution < 1.29 is 9.47 Å². The third kappa shape index (κ3) is 5.25. The predicted octanol–water partition coefficient (Wildman–Crippen LogP) is 2.74. The van der Waals surface area contributed by atoms with Crippen molar-refractivity contribution in [3.63, 3.8) is 0 Å². The molecule has 2 aliphatic rings. The van der Waals surface area contributed by atoms with Gasteiger partial charge in [0.2, 0.25) is 0 Å². The van der Waals surface area contributed by atoms with Crippen LogP contribution in [-0.4, -0.2) is 38.5 Å². The van der Waals surface area contributed by atoms with Crippen LogP contribution in [0.5, 0.6) is 0 Å². The van der Waals surface area contributed by atoms with E-state index in [4.69, 9.17) is 9.47 Å². The van der Waals surface area contributed by atoms with E-state index in [9.17, 15) is 0 Å². The number of nitrogens with one attached hydrogen (secondary N) is 1. The molecule has 1 N–H and O–H groups in total. The molecule has 0 aromatic carbocycles. The van der Waals surface area contributed by atoms with E-state index in [0.717, 1.165) is 44.7 Å². The number of rotatable bonds is 7. The second-order valence-corrected chi connectivity index (χ2v) is 5.97. The largest absolute Gasteiger partial charge is 0.379 e. The quantitative estimate of drug-likeness (QED) is 0.710. The lowest BCUT2D eigenvalue weighted by Gasteiger charge is -2.27. The summed E-state index contributed by atoms with van der Waals surface area (Å²) >= 11 is 0. The van der Waals surface area contributed by atoms with Gasteiger partial charge in [-0.15, -0.1) is 0 Å². The summed E-state index contributed by atoms with van der Waals surface area (Å²) in [4.78, 5) is 0. The van der Waals surface area contributed by atoms with E-state index in [0.29, 0.717) is 6.10 Å². The van der Waals surface area contributed by atoms with E-state index in [-0.39, 0.29) is 0 Å². The Kier molecular flexibility index (Phi) is 6.46. The Bertz CT molecular complexity index is 209. The van der Waals surface area contributed by atoms with Crippen LogP contribution in [0.4, 0.5) is 0 Å². The highest BCUT2D eigenvalue weighted by molar-refractivity contribution is 4.74. The molecule has 2 fully saturated rings. The third-order valence-corrected chi connectivity index (χ3v) is 4.24. The topological polar surface area (TPSA) is 30.5 Å². The fourth-order valence-electron chi connectivity index (χ4n) is 2.94. The summed E-state index contributed by atoms with van der Waals surface area (Å²) in [5.41, 5.74) is 0. The van der Waals surface area contributed by atoms with Crippen molar-refractivity contribution in [3.05, 3.63) is 0 Å². The zero-order chi connectivity index (χ0) is 12.6. The highest BCUT2D eigenvalue weighted by Gasteiger charge is 2.17. The molecule has 1 heterocycles. The molecule has 1 atom stereocenters. The molecule has 3 heteroatoms. The van der Waals surface area contributed by atoms with Gasteiger partial charge in [-0.1, -0.05) is 6.92 Å². The highest BCUT2D eigenvalue weighted by Crippen LogP contribution is 2.23. The molecule has 106 valence electrons. The summed E-state index contributed by atoms with van der Waals surface area (Å²) in [6, 6.07) is 0.763. The molecule has 2 rings (SSSR count). The zero-order valence-corrected chi connectivity index (χ0v) is 11.8. The van der Waals surface area contributed by atoms with Crippen LogP contribution >= 0.6 is 0 Å². The van der Waals surface area contributed by atoms with Gasteiger partial charge in [-0.05, 0) is 57.4 Å². The van der Waals surface area contributed by atoms with Crippen LogP contribution in [0.15, 0.2) is 0 Å². The maximum atomic E-state index is 5.66. The summed E-state index contributed by atoms with van der Waals surface area (Å²) < 4.78 is 11.2. The van der Waals surface area contributed by atoms with Crippen molar-refractivity contribution in [1.82, 2.24) is 5.32 Å². The first-order chi connectivity index (χ1) is 8.84. The summed E-state index contributed by atoms with van der Waals surface area (Å²) in [6.45, 7) is 6.06. The van der Waals surface area contributed by atoms with E-state index in [1.54, 1.807) is 0 Å². The van der Waals surface area contributed by atoms with Gasteiger partial charge in [-0.25, -0.2) is 0 Å². The van der Waals surface area contributed by atoms with Crippen LogP contribution in [-0.2, 0) is 9.47 Å². The van der Waals surface area contributed by atoms with Crippen molar-refractivity contribution >= 4 is 0 Å². The van der Waals surface area contributed by atoms with Gasteiger partial charge < -0.3 is 14.8 Å². The first-order valence-electron chi connectivity index (χ1n) is 7.77. The first kappa shape index (κ1) is 14.3. The first-order valence-corrected chi connectivity index (χ1v) is 7.77. The van der Waals surface area contributed by atoms with E-state index >= 15 is 0 Å². The van der Waals surface area contributed by atoms with Gasteiger partial charge in [-0.2, -0.15) is 0 Å². The Balaban J connectivity index is 1.39. The summed E-state index contributed by atoms with van der Waals surface area (Å²) in [5.74, 6) is 0.942. The smallest absolute Gasteiger partial charge is 0.0809 e. The van der Waals surface area contributed by atoms with Crippen LogP contribution in [0.3, 0.4) is 0 Å². The van der Waals surface area contributed by atoms with Gasteiger partial charge in [0.15, 0.2) is 0 Å². The Morgan fingerprint density at radius 3 is 2.72 bits per heavy atom. The maximum absolute atomic E-state index is 5.66. The monoisotopic (exact) mass is 255 g/mol. The number of hydrogen-bond acceptors (Lipinski definition) is 3. The fraction of sp³-hybridized carbons (Fsp3) is 1.00. The predicted molar refractivity (Wildman–Crippen MR) is 73.8 cm³/mol. The molecule has 0 spiro atoms. The molecule has 18 heavy (non-hydrogen) atoms. The van der Waals surface area contributed by atoms with E-state index in [2.05, 4.69) is 12.2 Å². The summed E-state index contributed by atoms with van der Waals surface area (Å²) in [5, 5.41) is 3.66. The van der Waals surface area contributed by atoms with E-state index < -0.39 is 0 Å². The zero-order valence-electron chi connectivity index (χ0n) is 11.8. The lowest BCUT2D eigenvalue weighted by Crippen LogP contribution is -2.33. The Labute approximate surface area is 112 Å². The Morgan fingerprint density at radius 2 is 2.00 bits per heavy atom. The van der Waals surface area contributed by atoms with Gasteiger partial charge >= 0.3 is 0 Å². The van der Waals surface area contributed by atoms with E-state index in [1.807, 2.05) is 0 Å². The van der Waals surface area contributed by atoms with Crippen LogP contribution in [0, 0.1) is 5.92 Å². The molecular weight excluding hydrogens is 226 g/mol. The van der Waals surface area contributed by atoms with Crippen molar-refractivity contribution in [1.29, 1.82) is 0 Å². The maximum Gasteiger partial charge on any atom is 0.0809 e. The molecular formula is C15H29NO2. The van der Waals surface area contributed by atoms with Crippen molar-refractivity contribution in [2.75, 3.05) is 26.4 Å². The Morgan fingerprint density at radius 1 is 1.17 bits per heavy atom. The minimum Gasteiger partial charge on any atom is -0.379 e.